The van der Waals surface area contributed by atoms with Crippen molar-refractivity contribution >= 4 is 17.5 Å². The zero-order valence-electron chi connectivity index (χ0n) is 16.0. The molecule has 1 aromatic heterocycles. The molecule has 5 nitrogen and oxygen atoms in total. The average Bonchev–Trinajstić information content (AvgIpc) is 2.69. The molecule has 1 aliphatic heterocycles. The van der Waals surface area contributed by atoms with E-state index in [1.807, 2.05) is 19.1 Å². The largest absolute Gasteiger partial charge is 0.354 e. The molecule has 0 spiro atoms. The maximum absolute atomic E-state index is 13.4. The Morgan fingerprint density at radius 1 is 0.929 bits per heavy atom. The third-order valence-corrected chi connectivity index (χ3v) is 4.87. The predicted octanol–water partition coefficient (Wildman–Crippen LogP) is 3.99. The van der Waals surface area contributed by atoms with E-state index in [2.05, 4.69) is 49.4 Å². The molecule has 1 N–H and O–H groups in total. The highest BCUT2D eigenvalue weighted by Gasteiger charge is 2.19. The van der Waals surface area contributed by atoms with Gasteiger partial charge in [-0.25, -0.2) is 9.37 Å². The summed E-state index contributed by atoms with van der Waals surface area (Å²) in [7, 11) is 0. The van der Waals surface area contributed by atoms with E-state index in [1.165, 1.54) is 17.7 Å². The minimum atomic E-state index is -0.285. The molecule has 28 heavy (non-hydrogen) atoms. The highest BCUT2D eigenvalue weighted by atomic mass is 19.1. The molecule has 3 aromatic rings. The summed E-state index contributed by atoms with van der Waals surface area (Å²) in [4.78, 5) is 13.8. The highest BCUT2D eigenvalue weighted by Crippen LogP contribution is 2.20. The molecule has 2 heterocycles. The van der Waals surface area contributed by atoms with E-state index in [0.717, 1.165) is 44.2 Å². The number of rotatable bonds is 5. The van der Waals surface area contributed by atoms with Crippen LogP contribution in [0.25, 0.3) is 0 Å². The molecular formula is C22H24FN5. The van der Waals surface area contributed by atoms with E-state index < -0.39 is 0 Å². The van der Waals surface area contributed by atoms with Crippen molar-refractivity contribution in [2.75, 3.05) is 36.4 Å². The lowest BCUT2D eigenvalue weighted by atomic mass is 10.2. The van der Waals surface area contributed by atoms with Crippen LogP contribution in [-0.2, 0) is 6.54 Å². The quantitative estimate of drug-likeness (QED) is 0.728. The van der Waals surface area contributed by atoms with Crippen LogP contribution < -0.4 is 10.2 Å². The van der Waals surface area contributed by atoms with Crippen LogP contribution in [0.15, 0.2) is 60.7 Å². The van der Waals surface area contributed by atoms with Crippen LogP contribution in [0.5, 0.6) is 0 Å². The smallest absolute Gasteiger partial charge is 0.229 e. The topological polar surface area (TPSA) is 44.3 Å². The third-order valence-electron chi connectivity index (χ3n) is 4.87. The van der Waals surface area contributed by atoms with E-state index in [0.29, 0.717) is 11.6 Å². The molecule has 0 atom stereocenters. The first kappa shape index (κ1) is 18.4. The van der Waals surface area contributed by atoms with Gasteiger partial charge in [0.25, 0.3) is 0 Å². The van der Waals surface area contributed by atoms with Gasteiger partial charge in [0.15, 0.2) is 0 Å². The van der Waals surface area contributed by atoms with Gasteiger partial charge in [-0.15, -0.1) is 0 Å². The maximum atomic E-state index is 13.4. The summed E-state index contributed by atoms with van der Waals surface area (Å²) in [5, 5.41) is 3.11. The molecule has 0 bridgehead atoms. The van der Waals surface area contributed by atoms with Crippen LogP contribution in [0.1, 0.15) is 11.3 Å². The number of halogens is 1. The van der Waals surface area contributed by atoms with Gasteiger partial charge in [-0.3, -0.25) is 4.90 Å². The Morgan fingerprint density at radius 3 is 2.46 bits per heavy atom. The number of aromatic nitrogens is 2. The molecule has 0 unspecified atom stereocenters. The molecule has 1 saturated heterocycles. The second kappa shape index (κ2) is 8.35. The van der Waals surface area contributed by atoms with Gasteiger partial charge in [-0.05, 0) is 30.7 Å². The first-order chi connectivity index (χ1) is 13.7. The van der Waals surface area contributed by atoms with Gasteiger partial charge in [0.2, 0.25) is 5.95 Å². The summed E-state index contributed by atoms with van der Waals surface area (Å²) in [5.41, 5.74) is 2.87. The van der Waals surface area contributed by atoms with Gasteiger partial charge in [0.05, 0.1) is 0 Å². The zero-order chi connectivity index (χ0) is 19.3. The van der Waals surface area contributed by atoms with Crippen molar-refractivity contribution in [3.05, 3.63) is 77.7 Å². The summed E-state index contributed by atoms with van der Waals surface area (Å²) in [6.45, 7) is 6.75. The van der Waals surface area contributed by atoms with Crippen LogP contribution in [0, 0.1) is 12.7 Å². The second-order valence-electron chi connectivity index (χ2n) is 7.08. The van der Waals surface area contributed by atoms with Gasteiger partial charge < -0.3 is 10.2 Å². The van der Waals surface area contributed by atoms with E-state index in [1.54, 1.807) is 12.1 Å². The van der Waals surface area contributed by atoms with E-state index in [4.69, 9.17) is 0 Å². The number of benzene rings is 2. The van der Waals surface area contributed by atoms with Crippen molar-refractivity contribution in [2.45, 2.75) is 13.5 Å². The Labute approximate surface area is 164 Å². The lowest BCUT2D eigenvalue weighted by molar-refractivity contribution is 0.249. The maximum Gasteiger partial charge on any atom is 0.229 e. The number of nitrogens with one attached hydrogen (secondary N) is 1. The highest BCUT2D eigenvalue weighted by molar-refractivity contribution is 5.55. The van der Waals surface area contributed by atoms with Crippen LogP contribution in [0.2, 0.25) is 0 Å². The average molecular weight is 377 g/mol. The first-order valence-electron chi connectivity index (χ1n) is 9.55. The van der Waals surface area contributed by atoms with Crippen molar-refractivity contribution in [3.8, 4) is 0 Å². The van der Waals surface area contributed by atoms with Crippen molar-refractivity contribution in [1.29, 1.82) is 0 Å². The zero-order valence-corrected chi connectivity index (χ0v) is 16.0. The van der Waals surface area contributed by atoms with Crippen LogP contribution in [0.4, 0.5) is 21.8 Å². The molecular weight excluding hydrogens is 353 g/mol. The van der Waals surface area contributed by atoms with Gasteiger partial charge >= 0.3 is 0 Å². The number of anilines is 3. The Kier molecular flexibility index (Phi) is 5.48. The molecule has 1 fully saturated rings. The molecule has 1 aliphatic rings. The van der Waals surface area contributed by atoms with Crippen LogP contribution in [-0.4, -0.2) is 41.0 Å². The Hall–Kier alpha value is -2.99. The molecule has 0 aliphatic carbocycles. The number of piperazine rings is 1. The fraction of sp³-hybridized carbons (Fsp3) is 0.273. The molecule has 0 radical (unpaired) electrons. The molecule has 2 aromatic carbocycles. The van der Waals surface area contributed by atoms with Gasteiger partial charge in [-0.2, -0.15) is 4.98 Å². The molecule has 0 saturated carbocycles. The molecule has 6 heteroatoms. The summed E-state index contributed by atoms with van der Waals surface area (Å²) < 4.78 is 13.4. The van der Waals surface area contributed by atoms with Crippen molar-refractivity contribution in [1.82, 2.24) is 14.9 Å². The summed E-state index contributed by atoms with van der Waals surface area (Å²) >= 11 is 0. The minimum absolute atomic E-state index is 0.285. The monoisotopic (exact) mass is 377 g/mol. The molecule has 4 rings (SSSR count). The molecule has 144 valence electrons. The number of aryl methyl sites for hydroxylation is 1. The Bertz CT molecular complexity index is 923. The van der Waals surface area contributed by atoms with E-state index in [9.17, 15) is 4.39 Å². The van der Waals surface area contributed by atoms with Gasteiger partial charge in [0, 0.05) is 50.2 Å². The summed E-state index contributed by atoms with van der Waals surface area (Å²) in [6, 6.07) is 18.9. The Balaban J connectivity index is 1.41. The normalized spacial score (nSPS) is 14.9. The van der Waals surface area contributed by atoms with Crippen LogP contribution in [0.3, 0.4) is 0 Å². The number of hydrogen-bond donors (Lipinski definition) is 1. The van der Waals surface area contributed by atoms with E-state index >= 15 is 0 Å². The standard InChI is InChI=1S/C22H24FN5/c1-17-14-21(26-22(24-17)25-20-9-5-8-19(23)15-20)28-12-10-27(11-13-28)16-18-6-3-2-4-7-18/h2-9,14-15H,10-13,16H2,1H3,(H,24,25,26). The fourth-order valence-electron chi connectivity index (χ4n) is 3.44. The van der Waals surface area contributed by atoms with Crippen molar-refractivity contribution < 1.29 is 4.39 Å². The Morgan fingerprint density at radius 2 is 1.71 bits per heavy atom. The van der Waals surface area contributed by atoms with Crippen molar-refractivity contribution in [3.63, 3.8) is 0 Å². The van der Waals surface area contributed by atoms with Crippen molar-refractivity contribution in [2.24, 2.45) is 0 Å². The third kappa shape index (κ3) is 4.64. The molecule has 0 amide bonds. The van der Waals surface area contributed by atoms with Crippen LogP contribution >= 0.6 is 0 Å². The number of hydrogen-bond acceptors (Lipinski definition) is 5. The second-order valence-corrected chi connectivity index (χ2v) is 7.08. The lowest BCUT2D eigenvalue weighted by Crippen LogP contribution is -2.46. The van der Waals surface area contributed by atoms with Gasteiger partial charge in [0.1, 0.15) is 11.6 Å². The first-order valence-corrected chi connectivity index (χ1v) is 9.55. The number of nitrogens with zero attached hydrogens (tertiary/aromatic N) is 4. The fourth-order valence-corrected chi connectivity index (χ4v) is 3.44. The summed E-state index contributed by atoms with van der Waals surface area (Å²) in [5.74, 6) is 1.12. The van der Waals surface area contributed by atoms with Gasteiger partial charge in [-0.1, -0.05) is 36.4 Å². The van der Waals surface area contributed by atoms with E-state index in [-0.39, 0.29) is 5.82 Å². The minimum Gasteiger partial charge on any atom is -0.354 e. The summed E-state index contributed by atoms with van der Waals surface area (Å²) in [6.07, 6.45) is 0. The predicted molar refractivity (Wildman–Crippen MR) is 110 cm³/mol. The SMILES string of the molecule is Cc1cc(N2CCN(Cc3ccccc3)CC2)nc(Nc2cccc(F)c2)n1. The lowest BCUT2D eigenvalue weighted by Gasteiger charge is -2.35.